The molecule has 1 saturated heterocycles. The second kappa shape index (κ2) is 5.19. The van der Waals surface area contributed by atoms with Crippen LogP contribution in [0.5, 0.6) is 0 Å². The number of esters is 1. The number of allylic oxidation sites excluding steroid dienone is 1. The molecule has 2 nitrogen and oxygen atoms in total. The summed E-state index contributed by atoms with van der Waals surface area (Å²) in [7, 11) is 0. The van der Waals surface area contributed by atoms with Gasteiger partial charge in [0.15, 0.2) is 0 Å². The van der Waals surface area contributed by atoms with Gasteiger partial charge in [0.1, 0.15) is 11.9 Å². The van der Waals surface area contributed by atoms with Gasteiger partial charge in [-0.15, -0.1) is 11.8 Å². The molecular weight excluding hydrogens is 244 g/mol. The summed E-state index contributed by atoms with van der Waals surface area (Å²) in [4.78, 5) is 12.1. The van der Waals surface area contributed by atoms with E-state index in [1.165, 1.54) is 6.42 Å². The Hall–Kier alpha value is -1.22. The van der Waals surface area contributed by atoms with Gasteiger partial charge in [-0.1, -0.05) is 42.5 Å². The Labute approximate surface area is 111 Å². The van der Waals surface area contributed by atoms with E-state index in [1.807, 2.05) is 30.3 Å². The lowest BCUT2D eigenvalue weighted by molar-refractivity contribution is -0.145. The van der Waals surface area contributed by atoms with Gasteiger partial charge in [-0.05, 0) is 24.3 Å². The van der Waals surface area contributed by atoms with E-state index in [0.29, 0.717) is 17.8 Å². The van der Waals surface area contributed by atoms with Crippen LogP contribution in [0.4, 0.5) is 0 Å². The molecule has 0 spiro atoms. The first-order chi connectivity index (χ1) is 8.83. The Bertz CT molecular complexity index is 455. The second-order valence-electron chi connectivity index (χ2n) is 4.81. The van der Waals surface area contributed by atoms with E-state index in [9.17, 15) is 4.79 Å². The minimum atomic E-state index is -0.0529. The molecule has 0 N–H and O–H groups in total. The summed E-state index contributed by atoms with van der Waals surface area (Å²) in [5, 5.41) is 0.529. The molecule has 2 aliphatic heterocycles. The lowest BCUT2D eigenvalue weighted by Gasteiger charge is -2.35. The van der Waals surface area contributed by atoms with Gasteiger partial charge in [0.2, 0.25) is 0 Å². The monoisotopic (exact) mass is 260 g/mol. The molecule has 0 saturated carbocycles. The van der Waals surface area contributed by atoms with Gasteiger partial charge in [-0.25, -0.2) is 0 Å². The molecule has 3 atom stereocenters. The first-order valence-electron chi connectivity index (χ1n) is 6.37. The largest absolute Gasteiger partial charge is 0.460 e. The molecule has 1 aromatic carbocycles. The molecule has 18 heavy (non-hydrogen) atoms. The molecule has 94 valence electrons. The molecule has 2 heterocycles. The Morgan fingerprint density at radius 2 is 2.06 bits per heavy atom. The highest BCUT2D eigenvalue weighted by Crippen LogP contribution is 2.42. The van der Waals surface area contributed by atoms with Gasteiger partial charge in [-0.3, -0.25) is 4.79 Å². The third-order valence-electron chi connectivity index (χ3n) is 3.52. The molecule has 0 unspecified atom stereocenters. The van der Waals surface area contributed by atoms with Gasteiger partial charge in [0, 0.05) is 5.25 Å². The van der Waals surface area contributed by atoms with Crippen molar-refractivity contribution in [1.82, 2.24) is 0 Å². The zero-order chi connectivity index (χ0) is 12.4. The van der Waals surface area contributed by atoms with Gasteiger partial charge in [0.25, 0.3) is 0 Å². The van der Waals surface area contributed by atoms with Crippen molar-refractivity contribution in [1.29, 1.82) is 0 Å². The van der Waals surface area contributed by atoms with Crippen molar-refractivity contribution in [2.75, 3.05) is 0 Å². The molecule has 4 rings (SSSR count). The number of hydrogen-bond acceptors (Lipinski definition) is 3. The van der Waals surface area contributed by atoms with Crippen molar-refractivity contribution in [3.05, 3.63) is 48.0 Å². The number of ether oxygens (including phenoxy) is 1. The number of carbonyl (C=O) groups is 1. The predicted molar refractivity (Wildman–Crippen MR) is 73.3 cm³/mol. The molecule has 1 aromatic rings. The fraction of sp³-hybridized carbons (Fsp3) is 0.400. The first-order valence-corrected chi connectivity index (χ1v) is 7.31. The molecule has 0 amide bonds. The molecule has 2 bridgehead atoms. The van der Waals surface area contributed by atoms with E-state index in [-0.39, 0.29) is 11.2 Å². The minimum absolute atomic E-state index is 0.0115. The Kier molecular flexibility index (Phi) is 3.41. The number of carbonyl (C=O) groups excluding carboxylic acids is 1. The topological polar surface area (TPSA) is 26.3 Å². The molecule has 3 heteroatoms. The van der Waals surface area contributed by atoms with Gasteiger partial charge >= 0.3 is 5.97 Å². The van der Waals surface area contributed by atoms with Crippen LogP contribution in [0.3, 0.4) is 0 Å². The van der Waals surface area contributed by atoms with Crippen LogP contribution in [0.15, 0.2) is 42.5 Å². The molecule has 0 radical (unpaired) electrons. The predicted octanol–water partition coefficient (Wildman–Crippen LogP) is 3.18. The standard InChI is InChI=1S/C15H16O2S/c16-15(17-10-11-4-2-1-3-5-11)14-12-6-8-13(18-14)9-7-12/h1-6,8,12-14H,7,9-10H2/t12-,13+,14+/m1/s1. The summed E-state index contributed by atoms with van der Waals surface area (Å²) in [5.41, 5.74) is 1.05. The maximum Gasteiger partial charge on any atom is 0.320 e. The van der Waals surface area contributed by atoms with Crippen molar-refractivity contribution in [2.24, 2.45) is 5.92 Å². The molecule has 1 aliphatic carbocycles. The van der Waals surface area contributed by atoms with Crippen molar-refractivity contribution >= 4 is 17.7 Å². The highest BCUT2D eigenvalue weighted by atomic mass is 32.2. The smallest absolute Gasteiger partial charge is 0.320 e. The van der Waals surface area contributed by atoms with E-state index in [1.54, 1.807) is 11.8 Å². The lowest BCUT2D eigenvalue weighted by atomic mass is 9.91. The van der Waals surface area contributed by atoms with Gasteiger partial charge < -0.3 is 4.74 Å². The first kappa shape index (κ1) is 11.8. The molecule has 0 aromatic heterocycles. The number of hydrogen-bond donors (Lipinski definition) is 0. The number of rotatable bonds is 3. The van der Waals surface area contributed by atoms with E-state index < -0.39 is 0 Å². The molecule has 1 fully saturated rings. The van der Waals surface area contributed by atoms with E-state index in [2.05, 4.69) is 12.2 Å². The van der Waals surface area contributed by atoms with E-state index in [4.69, 9.17) is 4.74 Å². The molecular formula is C15H16O2S. The third-order valence-corrected chi connectivity index (χ3v) is 5.10. The van der Waals surface area contributed by atoms with Gasteiger partial charge in [-0.2, -0.15) is 0 Å². The second-order valence-corrected chi connectivity index (χ2v) is 6.20. The Balaban J connectivity index is 1.58. The van der Waals surface area contributed by atoms with Crippen LogP contribution in [-0.4, -0.2) is 16.5 Å². The van der Waals surface area contributed by atoms with Crippen molar-refractivity contribution in [2.45, 2.75) is 29.9 Å². The maximum absolute atomic E-state index is 12.1. The number of thioether (sulfide) groups is 1. The van der Waals surface area contributed by atoms with Crippen LogP contribution in [0.25, 0.3) is 0 Å². The average Bonchev–Trinajstić information content (AvgIpc) is 2.47. The minimum Gasteiger partial charge on any atom is -0.460 e. The summed E-state index contributed by atoms with van der Waals surface area (Å²) < 4.78 is 5.43. The summed E-state index contributed by atoms with van der Waals surface area (Å²) in [6.45, 7) is 0.387. The van der Waals surface area contributed by atoms with E-state index >= 15 is 0 Å². The third kappa shape index (κ3) is 2.46. The van der Waals surface area contributed by atoms with Crippen LogP contribution < -0.4 is 0 Å². The van der Waals surface area contributed by atoms with E-state index in [0.717, 1.165) is 12.0 Å². The number of fused-ring (bicyclic) bond motifs is 2. The Morgan fingerprint density at radius 1 is 1.22 bits per heavy atom. The van der Waals surface area contributed by atoms with Gasteiger partial charge in [0.05, 0.1) is 0 Å². The normalized spacial score (nSPS) is 29.2. The average molecular weight is 260 g/mol. The summed E-state index contributed by atoms with van der Waals surface area (Å²) >= 11 is 1.76. The lowest BCUT2D eigenvalue weighted by Crippen LogP contribution is -2.36. The van der Waals surface area contributed by atoms with Crippen LogP contribution in [0.1, 0.15) is 18.4 Å². The zero-order valence-corrected chi connectivity index (χ0v) is 10.9. The van der Waals surface area contributed by atoms with Crippen molar-refractivity contribution in [3.63, 3.8) is 0 Å². The zero-order valence-electron chi connectivity index (χ0n) is 10.1. The fourth-order valence-electron chi connectivity index (χ4n) is 2.51. The summed E-state index contributed by atoms with van der Waals surface area (Å²) in [6, 6.07) is 9.85. The van der Waals surface area contributed by atoms with Crippen LogP contribution >= 0.6 is 11.8 Å². The summed E-state index contributed by atoms with van der Waals surface area (Å²) in [6.07, 6.45) is 6.76. The summed E-state index contributed by atoms with van der Waals surface area (Å²) in [5.74, 6) is 0.325. The van der Waals surface area contributed by atoms with Crippen molar-refractivity contribution in [3.8, 4) is 0 Å². The highest BCUT2D eigenvalue weighted by Gasteiger charge is 2.37. The van der Waals surface area contributed by atoms with Crippen LogP contribution in [0, 0.1) is 5.92 Å². The van der Waals surface area contributed by atoms with Crippen LogP contribution in [0.2, 0.25) is 0 Å². The fourth-order valence-corrected chi connectivity index (χ4v) is 3.95. The van der Waals surface area contributed by atoms with Crippen LogP contribution in [-0.2, 0) is 16.1 Å². The highest BCUT2D eigenvalue weighted by molar-refractivity contribution is 8.01. The Morgan fingerprint density at radius 3 is 2.67 bits per heavy atom. The SMILES string of the molecule is O=C(OCc1ccccc1)[C@H]1S[C@H]2C=C[C@@H]1CC2. The van der Waals surface area contributed by atoms with Crippen molar-refractivity contribution < 1.29 is 9.53 Å². The quantitative estimate of drug-likeness (QED) is 0.617. The molecule has 3 aliphatic rings. The number of benzene rings is 1. The maximum atomic E-state index is 12.1.